The van der Waals surface area contributed by atoms with Gasteiger partial charge in [-0.05, 0) is 37.5 Å². The molecule has 0 spiro atoms. The zero-order chi connectivity index (χ0) is 64.3. The number of hydrogen-bond donors (Lipinski definition) is 3. The monoisotopic (exact) mass is 1280 g/mol. The van der Waals surface area contributed by atoms with Gasteiger partial charge in [-0.2, -0.15) is 0 Å². The van der Waals surface area contributed by atoms with Crippen molar-refractivity contribution in [2.75, 3.05) is 39.6 Å². The lowest BCUT2D eigenvalue weighted by Crippen LogP contribution is -2.30. The predicted octanol–water partition coefficient (Wildman–Crippen LogP) is 19.2. The van der Waals surface area contributed by atoms with Crippen molar-refractivity contribution < 1.29 is 80.2 Å². The molecule has 0 saturated carbocycles. The number of unbranched alkanes of at least 4 members (excludes halogenated alkanes) is 37. The third kappa shape index (κ3) is 62.6. The molecule has 2 unspecified atom stereocenters. The molecule has 0 rings (SSSR count). The lowest BCUT2D eigenvalue weighted by Gasteiger charge is -2.21. The van der Waals surface area contributed by atoms with Crippen molar-refractivity contribution in [2.24, 2.45) is 11.8 Å². The second-order valence-electron chi connectivity index (χ2n) is 25.5. The lowest BCUT2D eigenvalue weighted by molar-refractivity contribution is -0.161. The Morgan fingerprint density at radius 2 is 0.529 bits per heavy atom. The van der Waals surface area contributed by atoms with Crippen LogP contribution < -0.4 is 0 Å². The summed E-state index contributed by atoms with van der Waals surface area (Å²) in [4.78, 5) is 72.3. The van der Waals surface area contributed by atoms with E-state index in [0.29, 0.717) is 25.7 Å². The number of hydrogen-bond acceptors (Lipinski definition) is 15. The van der Waals surface area contributed by atoms with E-state index in [1.165, 1.54) is 154 Å². The van der Waals surface area contributed by atoms with E-state index in [0.717, 1.165) is 108 Å². The highest BCUT2D eigenvalue weighted by Gasteiger charge is 2.30. The van der Waals surface area contributed by atoms with Crippen molar-refractivity contribution in [2.45, 2.75) is 362 Å². The standard InChI is InChI=1S/C68H132O17P2/c1-7-9-11-13-15-17-18-19-20-21-22-23-24-25-34-40-46-52-67(72)84-64(57-79-66(71)51-45-39-33-28-26-30-36-42-48-60(3)4)59-83-87(76,77)81-55-62(69)54-80-86(74,75)82-58-63(56-78-65(70)50-44-38-32-16-14-12-10-8-2)85-68(73)53-47-41-35-29-27-31-37-43-49-61(5)6/h60-64,69H,7-59H2,1-6H3,(H,74,75)(H,76,77)/t62-,63+,64+/m0/s1. The van der Waals surface area contributed by atoms with Gasteiger partial charge in [-0.25, -0.2) is 9.13 Å². The number of esters is 4. The minimum Gasteiger partial charge on any atom is -0.462 e. The summed E-state index contributed by atoms with van der Waals surface area (Å²) in [5, 5.41) is 10.6. The molecule has 0 fully saturated rings. The van der Waals surface area contributed by atoms with Gasteiger partial charge in [0, 0.05) is 25.7 Å². The molecule has 0 bridgehead atoms. The third-order valence-corrected chi connectivity index (χ3v) is 17.6. The van der Waals surface area contributed by atoms with Gasteiger partial charge in [0.25, 0.3) is 0 Å². The van der Waals surface area contributed by atoms with Crippen LogP contribution in [-0.4, -0.2) is 96.7 Å². The Hall–Kier alpha value is -1.94. The highest BCUT2D eigenvalue weighted by molar-refractivity contribution is 7.47. The highest BCUT2D eigenvalue weighted by Crippen LogP contribution is 2.45. The molecular weight excluding hydrogens is 1150 g/mol. The van der Waals surface area contributed by atoms with Crippen molar-refractivity contribution in [3.63, 3.8) is 0 Å². The Balaban J connectivity index is 5.21. The van der Waals surface area contributed by atoms with Gasteiger partial charge in [-0.15, -0.1) is 0 Å². The number of phosphoric ester groups is 2. The predicted molar refractivity (Wildman–Crippen MR) is 349 cm³/mol. The summed E-state index contributed by atoms with van der Waals surface area (Å²) in [6, 6.07) is 0. The van der Waals surface area contributed by atoms with E-state index in [9.17, 15) is 43.2 Å². The number of aliphatic hydroxyl groups excluding tert-OH is 1. The van der Waals surface area contributed by atoms with Gasteiger partial charge in [-0.1, -0.05) is 292 Å². The summed E-state index contributed by atoms with van der Waals surface area (Å²) in [6.45, 7) is 9.43. The summed E-state index contributed by atoms with van der Waals surface area (Å²) in [5.41, 5.74) is 0. The number of ether oxygens (including phenoxy) is 4. The Morgan fingerprint density at radius 1 is 0.310 bits per heavy atom. The van der Waals surface area contributed by atoms with Crippen LogP contribution in [0.4, 0.5) is 0 Å². The summed E-state index contributed by atoms with van der Waals surface area (Å²) in [7, 11) is -9.89. The van der Waals surface area contributed by atoms with Crippen LogP contribution in [0.5, 0.6) is 0 Å². The molecule has 0 aliphatic carbocycles. The first-order valence-electron chi connectivity index (χ1n) is 35.5. The maximum Gasteiger partial charge on any atom is 0.472 e. The number of carbonyl (C=O) groups is 4. The van der Waals surface area contributed by atoms with Crippen LogP contribution in [0.15, 0.2) is 0 Å². The second-order valence-corrected chi connectivity index (χ2v) is 28.4. The van der Waals surface area contributed by atoms with E-state index in [1.807, 2.05) is 0 Å². The lowest BCUT2D eigenvalue weighted by atomic mass is 10.0. The van der Waals surface area contributed by atoms with Crippen molar-refractivity contribution >= 4 is 39.5 Å². The molecule has 0 heterocycles. The summed E-state index contributed by atoms with van der Waals surface area (Å²) >= 11 is 0. The Morgan fingerprint density at radius 3 is 0.782 bits per heavy atom. The van der Waals surface area contributed by atoms with Crippen LogP contribution in [0.25, 0.3) is 0 Å². The van der Waals surface area contributed by atoms with E-state index in [2.05, 4.69) is 41.5 Å². The highest BCUT2D eigenvalue weighted by atomic mass is 31.2. The van der Waals surface area contributed by atoms with Crippen LogP contribution in [0.2, 0.25) is 0 Å². The molecule has 5 atom stereocenters. The summed E-state index contributed by atoms with van der Waals surface area (Å²) < 4.78 is 68.1. The molecule has 0 aliphatic heterocycles. The Bertz CT molecular complexity index is 1700. The third-order valence-electron chi connectivity index (χ3n) is 15.7. The van der Waals surface area contributed by atoms with Gasteiger partial charge < -0.3 is 33.8 Å². The molecule has 17 nitrogen and oxygen atoms in total. The molecule has 19 heteroatoms. The van der Waals surface area contributed by atoms with Crippen LogP contribution >= 0.6 is 15.6 Å². The maximum absolute atomic E-state index is 13.0. The zero-order valence-corrected chi connectivity index (χ0v) is 58.1. The second kappa shape index (κ2) is 60.3. The van der Waals surface area contributed by atoms with E-state index < -0.39 is 97.5 Å². The fourth-order valence-corrected chi connectivity index (χ4v) is 11.8. The number of aliphatic hydroxyl groups is 1. The largest absolute Gasteiger partial charge is 0.472 e. The van der Waals surface area contributed by atoms with Crippen molar-refractivity contribution in [1.82, 2.24) is 0 Å². The van der Waals surface area contributed by atoms with Crippen LogP contribution in [0.3, 0.4) is 0 Å². The number of rotatable bonds is 67. The molecule has 87 heavy (non-hydrogen) atoms. The fourth-order valence-electron chi connectivity index (χ4n) is 10.2. The molecule has 516 valence electrons. The fraction of sp³-hybridized carbons (Fsp3) is 0.941. The van der Waals surface area contributed by atoms with Crippen molar-refractivity contribution in [1.29, 1.82) is 0 Å². The van der Waals surface area contributed by atoms with Gasteiger partial charge in [0.2, 0.25) is 0 Å². The Kier molecular flexibility index (Phi) is 59.0. The van der Waals surface area contributed by atoms with Gasteiger partial charge >= 0.3 is 39.5 Å². The molecule has 0 aromatic carbocycles. The van der Waals surface area contributed by atoms with E-state index in [-0.39, 0.29) is 25.7 Å². The molecule has 0 saturated heterocycles. The molecular formula is C68H132O17P2. The van der Waals surface area contributed by atoms with Gasteiger partial charge in [0.05, 0.1) is 26.4 Å². The topological polar surface area (TPSA) is 237 Å². The maximum atomic E-state index is 13.0. The number of carbonyl (C=O) groups excluding carboxylic acids is 4. The average molecular weight is 1280 g/mol. The SMILES string of the molecule is CCCCCCCCCCCCCCCCCCCC(=O)O[C@H](COC(=O)CCCCCCCCCCC(C)C)COP(=O)(O)OC[C@@H](O)COP(=O)(O)OC[C@@H](COC(=O)CCCCCCCCCC)OC(=O)CCCCCCCCCCC(C)C. The summed E-state index contributed by atoms with van der Waals surface area (Å²) in [6.07, 6.45) is 44.6. The normalized spacial score (nSPS) is 14.2. The first kappa shape index (κ1) is 85.1. The van der Waals surface area contributed by atoms with Crippen molar-refractivity contribution in [3.8, 4) is 0 Å². The van der Waals surface area contributed by atoms with Crippen LogP contribution in [0.1, 0.15) is 343 Å². The molecule has 0 aromatic rings. The Labute approximate surface area is 530 Å². The minimum absolute atomic E-state index is 0.104. The molecule has 0 radical (unpaired) electrons. The number of phosphoric acid groups is 2. The van der Waals surface area contributed by atoms with E-state index >= 15 is 0 Å². The van der Waals surface area contributed by atoms with Crippen LogP contribution in [0, 0.1) is 11.8 Å². The molecule has 0 aromatic heterocycles. The van der Waals surface area contributed by atoms with Gasteiger partial charge in [-0.3, -0.25) is 37.3 Å². The van der Waals surface area contributed by atoms with E-state index in [1.54, 1.807) is 0 Å². The molecule has 3 N–H and O–H groups in total. The van der Waals surface area contributed by atoms with E-state index in [4.69, 9.17) is 37.0 Å². The molecule has 0 amide bonds. The quantitative estimate of drug-likeness (QED) is 0.0222. The first-order chi connectivity index (χ1) is 41.9. The van der Waals surface area contributed by atoms with Gasteiger partial charge in [0.15, 0.2) is 12.2 Å². The van der Waals surface area contributed by atoms with Crippen molar-refractivity contribution in [3.05, 3.63) is 0 Å². The summed E-state index contributed by atoms with van der Waals surface area (Å²) in [5.74, 6) is -0.687. The zero-order valence-electron chi connectivity index (χ0n) is 56.3. The molecule has 0 aliphatic rings. The minimum atomic E-state index is -4.95. The van der Waals surface area contributed by atoms with Gasteiger partial charge in [0.1, 0.15) is 19.3 Å². The smallest absolute Gasteiger partial charge is 0.462 e. The average Bonchev–Trinajstić information content (AvgIpc) is 3.68. The van der Waals surface area contributed by atoms with Crippen LogP contribution in [-0.2, 0) is 65.4 Å². The first-order valence-corrected chi connectivity index (χ1v) is 38.5.